The molecule has 2 rings (SSSR count). The van der Waals surface area contributed by atoms with Crippen LogP contribution < -0.4 is 0 Å². The molecule has 92 valence electrons. The number of nitrogens with zero attached hydrogens (tertiary/aromatic N) is 5. The van der Waals surface area contributed by atoms with Crippen molar-refractivity contribution in [1.29, 1.82) is 0 Å². The van der Waals surface area contributed by atoms with Gasteiger partial charge in [0.1, 0.15) is 0 Å². The molecule has 0 aliphatic rings. The van der Waals surface area contributed by atoms with Crippen LogP contribution in [-0.4, -0.2) is 16.0 Å². The van der Waals surface area contributed by atoms with Crippen LogP contribution in [0.5, 0.6) is 0 Å². The van der Waals surface area contributed by atoms with E-state index in [1.54, 1.807) is 12.1 Å². The molecule has 7 nitrogen and oxygen atoms in total. The van der Waals surface area contributed by atoms with Crippen molar-refractivity contribution in [2.24, 2.45) is 5.11 Å². The summed E-state index contributed by atoms with van der Waals surface area (Å²) in [4.78, 5) is 12.9. The average molecular weight is 245 g/mol. The second kappa shape index (κ2) is 5.20. The van der Waals surface area contributed by atoms with Crippen molar-refractivity contribution in [2.45, 2.75) is 13.0 Å². The molecular weight excluding hydrogens is 234 g/mol. The summed E-state index contributed by atoms with van der Waals surface area (Å²) in [6, 6.07) is 6.63. The van der Waals surface area contributed by atoms with Crippen LogP contribution in [-0.2, 0) is 6.54 Å². The number of non-ortho nitro benzene ring substituents is 1. The van der Waals surface area contributed by atoms with Crippen LogP contribution in [0.3, 0.4) is 0 Å². The van der Waals surface area contributed by atoms with Crippen LogP contribution in [0, 0.1) is 10.1 Å². The van der Waals surface area contributed by atoms with Crippen molar-refractivity contribution >= 4 is 16.6 Å². The third-order valence-corrected chi connectivity index (χ3v) is 2.69. The largest absolute Gasteiger partial charge is 0.347 e. The van der Waals surface area contributed by atoms with E-state index in [0.717, 1.165) is 23.9 Å². The van der Waals surface area contributed by atoms with Crippen LogP contribution >= 0.6 is 0 Å². The van der Waals surface area contributed by atoms with Gasteiger partial charge in [0.05, 0.1) is 4.92 Å². The zero-order valence-electron chi connectivity index (χ0n) is 9.56. The highest BCUT2D eigenvalue weighted by atomic mass is 16.6. The molecule has 1 heterocycles. The molecule has 0 saturated heterocycles. The molecule has 2 aromatic rings. The van der Waals surface area contributed by atoms with Crippen LogP contribution in [0.15, 0.2) is 35.6 Å². The van der Waals surface area contributed by atoms with Crippen molar-refractivity contribution in [3.63, 3.8) is 0 Å². The first-order chi connectivity index (χ1) is 8.72. The van der Waals surface area contributed by atoms with Gasteiger partial charge in [-0.15, -0.1) is 0 Å². The Bertz CT molecular complexity index is 627. The van der Waals surface area contributed by atoms with E-state index in [0.29, 0.717) is 6.54 Å². The molecule has 7 heteroatoms. The van der Waals surface area contributed by atoms with Gasteiger partial charge < -0.3 is 4.57 Å². The maximum atomic E-state index is 10.6. The number of aryl methyl sites for hydroxylation is 1. The summed E-state index contributed by atoms with van der Waals surface area (Å²) < 4.78 is 1.99. The van der Waals surface area contributed by atoms with Gasteiger partial charge in [-0.05, 0) is 24.1 Å². The highest BCUT2D eigenvalue weighted by molar-refractivity contribution is 5.82. The Morgan fingerprint density at radius 2 is 2.28 bits per heavy atom. The van der Waals surface area contributed by atoms with Gasteiger partial charge in [0.25, 0.3) is 5.69 Å². The zero-order chi connectivity index (χ0) is 13.0. The number of hydrogen-bond donors (Lipinski definition) is 0. The lowest BCUT2D eigenvalue weighted by atomic mass is 10.2. The minimum atomic E-state index is -0.404. The van der Waals surface area contributed by atoms with E-state index in [1.807, 2.05) is 16.8 Å². The molecule has 0 spiro atoms. The number of benzene rings is 1. The minimum Gasteiger partial charge on any atom is -0.347 e. The predicted molar refractivity (Wildman–Crippen MR) is 67.2 cm³/mol. The lowest BCUT2D eigenvalue weighted by Gasteiger charge is -2.03. The van der Waals surface area contributed by atoms with Gasteiger partial charge in [-0.3, -0.25) is 10.1 Å². The fourth-order valence-corrected chi connectivity index (χ4v) is 1.85. The van der Waals surface area contributed by atoms with Crippen LogP contribution in [0.4, 0.5) is 5.69 Å². The molecule has 0 saturated carbocycles. The fraction of sp³-hybridized carbons (Fsp3) is 0.273. The van der Waals surface area contributed by atoms with Gasteiger partial charge in [0, 0.05) is 47.2 Å². The molecule has 18 heavy (non-hydrogen) atoms. The second-order valence-corrected chi connectivity index (χ2v) is 3.82. The van der Waals surface area contributed by atoms with Crippen molar-refractivity contribution in [2.75, 3.05) is 6.54 Å². The maximum Gasteiger partial charge on any atom is 0.270 e. The maximum absolute atomic E-state index is 10.6. The molecule has 1 aromatic carbocycles. The van der Waals surface area contributed by atoms with Crippen molar-refractivity contribution in [3.8, 4) is 0 Å². The molecule has 0 fully saturated rings. The summed E-state index contributed by atoms with van der Waals surface area (Å²) >= 11 is 0. The smallest absolute Gasteiger partial charge is 0.270 e. The van der Waals surface area contributed by atoms with Gasteiger partial charge in [0.15, 0.2) is 0 Å². The van der Waals surface area contributed by atoms with E-state index >= 15 is 0 Å². The van der Waals surface area contributed by atoms with Gasteiger partial charge >= 0.3 is 0 Å². The van der Waals surface area contributed by atoms with Gasteiger partial charge in [-0.2, -0.15) is 0 Å². The number of azide groups is 1. The molecule has 0 aliphatic heterocycles. The number of nitro groups is 1. The van der Waals surface area contributed by atoms with Crippen LogP contribution in [0.2, 0.25) is 0 Å². The number of hydrogen-bond acceptors (Lipinski definition) is 3. The summed E-state index contributed by atoms with van der Waals surface area (Å²) in [5, 5.41) is 15.0. The average Bonchev–Trinajstić information content (AvgIpc) is 2.77. The zero-order valence-corrected chi connectivity index (χ0v) is 9.56. The van der Waals surface area contributed by atoms with Gasteiger partial charge in [-0.25, -0.2) is 0 Å². The number of rotatable bonds is 5. The van der Waals surface area contributed by atoms with E-state index in [4.69, 9.17) is 5.53 Å². The lowest BCUT2D eigenvalue weighted by Crippen LogP contribution is -1.97. The molecule has 0 amide bonds. The second-order valence-electron chi connectivity index (χ2n) is 3.82. The number of nitro benzene ring substituents is 1. The van der Waals surface area contributed by atoms with E-state index in [2.05, 4.69) is 10.0 Å². The topological polar surface area (TPSA) is 96.8 Å². The highest BCUT2D eigenvalue weighted by Crippen LogP contribution is 2.22. The first kappa shape index (κ1) is 11.9. The molecule has 0 N–H and O–H groups in total. The van der Waals surface area contributed by atoms with Crippen molar-refractivity contribution in [3.05, 3.63) is 51.0 Å². The molecule has 0 aliphatic carbocycles. The molecule has 1 aromatic heterocycles. The summed E-state index contributed by atoms with van der Waals surface area (Å²) in [5.41, 5.74) is 9.20. The van der Waals surface area contributed by atoms with E-state index in [9.17, 15) is 10.1 Å². The Kier molecular flexibility index (Phi) is 3.45. The van der Waals surface area contributed by atoms with Crippen LogP contribution in [0.25, 0.3) is 21.3 Å². The third kappa shape index (κ3) is 2.41. The SMILES string of the molecule is [N-]=[N+]=NCCCn1ccc2cc([N+](=O)[O-])ccc21. The summed E-state index contributed by atoms with van der Waals surface area (Å²) in [7, 11) is 0. The van der Waals surface area contributed by atoms with Crippen LogP contribution in [0.1, 0.15) is 6.42 Å². The molecule has 0 radical (unpaired) electrons. The Hall–Kier alpha value is -2.53. The van der Waals surface area contributed by atoms with E-state index in [1.165, 1.54) is 6.07 Å². The van der Waals surface area contributed by atoms with E-state index < -0.39 is 4.92 Å². The Balaban J connectivity index is 2.20. The Morgan fingerprint density at radius 3 is 3.00 bits per heavy atom. The van der Waals surface area contributed by atoms with Crippen molar-refractivity contribution < 1.29 is 4.92 Å². The molecule has 0 unspecified atom stereocenters. The fourth-order valence-electron chi connectivity index (χ4n) is 1.85. The molecule has 0 bridgehead atoms. The Morgan fingerprint density at radius 1 is 1.44 bits per heavy atom. The highest BCUT2D eigenvalue weighted by Gasteiger charge is 2.08. The predicted octanol–water partition coefficient (Wildman–Crippen LogP) is 3.25. The summed E-state index contributed by atoms with van der Waals surface area (Å²) in [6.45, 7) is 1.17. The van der Waals surface area contributed by atoms with Gasteiger partial charge in [0.2, 0.25) is 0 Å². The molecular formula is C11H11N5O2. The standard InChI is InChI=1S/C11H11N5O2/c12-14-13-5-1-6-15-7-4-9-8-10(16(17)18)2-3-11(9)15/h2-4,7-8H,1,5-6H2. The van der Waals surface area contributed by atoms with Crippen molar-refractivity contribution in [1.82, 2.24) is 4.57 Å². The minimum absolute atomic E-state index is 0.0920. The summed E-state index contributed by atoms with van der Waals surface area (Å²) in [5.74, 6) is 0. The third-order valence-electron chi connectivity index (χ3n) is 2.69. The quantitative estimate of drug-likeness (QED) is 0.202. The molecule has 0 atom stereocenters. The number of aromatic nitrogens is 1. The monoisotopic (exact) mass is 245 g/mol. The summed E-state index contributed by atoms with van der Waals surface area (Å²) in [6.07, 6.45) is 2.62. The first-order valence-electron chi connectivity index (χ1n) is 5.46. The number of fused-ring (bicyclic) bond motifs is 1. The first-order valence-corrected chi connectivity index (χ1v) is 5.46. The Labute approximate surface area is 102 Å². The van der Waals surface area contributed by atoms with E-state index in [-0.39, 0.29) is 5.69 Å². The lowest BCUT2D eigenvalue weighted by molar-refractivity contribution is -0.384. The normalized spacial score (nSPS) is 10.2. The van der Waals surface area contributed by atoms with Gasteiger partial charge in [-0.1, -0.05) is 5.11 Å².